The van der Waals surface area contributed by atoms with Crippen molar-refractivity contribution < 1.29 is 16.8 Å². The van der Waals surface area contributed by atoms with E-state index in [0.717, 1.165) is 11.8 Å². The monoisotopic (exact) mass is 330 g/mol. The van der Waals surface area contributed by atoms with Crippen LogP contribution in [0, 0.1) is 0 Å². The lowest BCUT2D eigenvalue weighted by Crippen LogP contribution is -2.49. The minimum Gasteiger partial charge on any atom is -0.213 e. The second-order valence-corrected chi connectivity index (χ2v) is 8.62. The van der Waals surface area contributed by atoms with Crippen LogP contribution in [0.1, 0.15) is 5.56 Å². The topological polar surface area (TPSA) is 74.8 Å². The maximum Gasteiger partial charge on any atom is 0.236 e. The summed E-state index contributed by atoms with van der Waals surface area (Å²) in [6.07, 6.45) is 2.67. The molecule has 1 aliphatic rings. The SMILES string of the molecule is CS(=O)(=O)N1CCN(S(=O)(=O)/C=C/c2ccccc2)CC1. The third-order valence-corrected chi connectivity index (χ3v) is 6.13. The molecule has 0 atom stereocenters. The van der Waals surface area contributed by atoms with E-state index in [-0.39, 0.29) is 26.2 Å². The van der Waals surface area contributed by atoms with Crippen LogP contribution in [0.5, 0.6) is 0 Å². The summed E-state index contributed by atoms with van der Waals surface area (Å²) < 4.78 is 49.8. The molecule has 1 aromatic carbocycles. The highest BCUT2D eigenvalue weighted by atomic mass is 32.2. The molecule has 8 heteroatoms. The molecule has 0 radical (unpaired) electrons. The lowest BCUT2D eigenvalue weighted by Gasteiger charge is -2.31. The minimum atomic E-state index is -3.52. The normalized spacial score (nSPS) is 19.1. The van der Waals surface area contributed by atoms with Crippen LogP contribution >= 0.6 is 0 Å². The first-order valence-corrected chi connectivity index (χ1v) is 9.82. The molecular weight excluding hydrogens is 312 g/mol. The summed E-state index contributed by atoms with van der Waals surface area (Å²) in [5, 5.41) is 1.17. The first-order chi connectivity index (χ1) is 9.79. The summed E-state index contributed by atoms with van der Waals surface area (Å²) in [6.45, 7) is 0.734. The molecule has 0 amide bonds. The number of piperazine rings is 1. The van der Waals surface area contributed by atoms with Gasteiger partial charge in [-0.3, -0.25) is 0 Å². The van der Waals surface area contributed by atoms with Gasteiger partial charge in [0.2, 0.25) is 20.0 Å². The third-order valence-electron chi connectivity index (χ3n) is 3.26. The first kappa shape index (κ1) is 16.2. The van der Waals surface area contributed by atoms with E-state index in [1.54, 1.807) is 0 Å². The predicted molar refractivity (Wildman–Crippen MR) is 82.4 cm³/mol. The van der Waals surface area contributed by atoms with Gasteiger partial charge in [0.15, 0.2) is 0 Å². The van der Waals surface area contributed by atoms with Gasteiger partial charge in [-0.2, -0.15) is 8.61 Å². The van der Waals surface area contributed by atoms with Crippen molar-refractivity contribution in [2.75, 3.05) is 32.4 Å². The molecule has 1 fully saturated rings. The molecule has 2 rings (SSSR count). The highest BCUT2D eigenvalue weighted by Crippen LogP contribution is 2.13. The van der Waals surface area contributed by atoms with Crippen molar-refractivity contribution >= 4 is 26.1 Å². The van der Waals surface area contributed by atoms with Crippen molar-refractivity contribution in [3.63, 3.8) is 0 Å². The van der Waals surface area contributed by atoms with Crippen LogP contribution in [0.15, 0.2) is 35.7 Å². The van der Waals surface area contributed by atoms with Crippen LogP contribution < -0.4 is 0 Å². The fourth-order valence-corrected chi connectivity index (χ4v) is 4.07. The predicted octanol–water partition coefficient (Wildman–Crippen LogP) is 0.564. The highest BCUT2D eigenvalue weighted by molar-refractivity contribution is 7.92. The van der Waals surface area contributed by atoms with E-state index in [2.05, 4.69) is 0 Å². The van der Waals surface area contributed by atoms with E-state index >= 15 is 0 Å². The van der Waals surface area contributed by atoms with Gasteiger partial charge in [0.1, 0.15) is 0 Å². The van der Waals surface area contributed by atoms with Gasteiger partial charge in [0.25, 0.3) is 0 Å². The number of rotatable bonds is 4. The molecule has 0 aliphatic carbocycles. The molecule has 1 aromatic rings. The van der Waals surface area contributed by atoms with Crippen molar-refractivity contribution in [2.45, 2.75) is 0 Å². The zero-order valence-corrected chi connectivity index (χ0v) is 13.3. The molecule has 0 saturated carbocycles. The fraction of sp³-hybridized carbons (Fsp3) is 0.385. The largest absolute Gasteiger partial charge is 0.236 e. The average Bonchev–Trinajstić information content (AvgIpc) is 2.46. The van der Waals surface area contributed by atoms with Gasteiger partial charge in [-0.25, -0.2) is 16.8 Å². The Morgan fingerprint density at radius 3 is 1.95 bits per heavy atom. The molecule has 6 nitrogen and oxygen atoms in total. The Kier molecular flexibility index (Phi) is 4.82. The molecule has 0 unspecified atom stereocenters. The number of hydrogen-bond acceptors (Lipinski definition) is 4. The second-order valence-electron chi connectivity index (χ2n) is 4.82. The van der Waals surface area contributed by atoms with Crippen LogP contribution in [-0.2, 0) is 20.0 Å². The standard InChI is InChI=1S/C13H18N2O4S2/c1-20(16,17)14-8-10-15(11-9-14)21(18,19)12-7-13-5-3-2-4-6-13/h2-7,12H,8-11H2,1H3/b12-7+. The molecule has 0 spiro atoms. The van der Waals surface area contributed by atoms with E-state index in [0.29, 0.717) is 0 Å². The zero-order valence-electron chi connectivity index (χ0n) is 11.7. The molecule has 0 aromatic heterocycles. The van der Waals surface area contributed by atoms with Crippen LogP contribution in [0.2, 0.25) is 0 Å². The average molecular weight is 330 g/mol. The number of benzene rings is 1. The van der Waals surface area contributed by atoms with Crippen LogP contribution in [0.4, 0.5) is 0 Å². The molecule has 1 aliphatic heterocycles. The molecular formula is C13H18N2O4S2. The summed E-state index contributed by atoms with van der Waals surface area (Å²) in [4.78, 5) is 0. The third kappa shape index (κ3) is 4.37. The van der Waals surface area contributed by atoms with Gasteiger partial charge in [-0.15, -0.1) is 0 Å². The Bertz CT molecular complexity index is 704. The lowest BCUT2D eigenvalue weighted by atomic mass is 10.2. The molecule has 0 bridgehead atoms. The van der Waals surface area contributed by atoms with Crippen molar-refractivity contribution in [3.05, 3.63) is 41.3 Å². The quantitative estimate of drug-likeness (QED) is 0.809. The van der Waals surface area contributed by atoms with Crippen molar-refractivity contribution in [1.29, 1.82) is 0 Å². The fourth-order valence-electron chi connectivity index (χ4n) is 2.07. The number of hydrogen-bond donors (Lipinski definition) is 0. The van der Waals surface area contributed by atoms with Gasteiger partial charge in [0.05, 0.1) is 6.26 Å². The summed E-state index contributed by atoms with van der Waals surface area (Å²) in [5.41, 5.74) is 0.802. The second kappa shape index (κ2) is 6.27. The van der Waals surface area contributed by atoms with Gasteiger partial charge in [-0.1, -0.05) is 30.3 Å². The summed E-state index contributed by atoms with van der Waals surface area (Å²) >= 11 is 0. The van der Waals surface area contributed by atoms with E-state index in [4.69, 9.17) is 0 Å². The summed E-state index contributed by atoms with van der Waals surface area (Å²) in [6, 6.07) is 9.14. The summed E-state index contributed by atoms with van der Waals surface area (Å²) in [7, 11) is -6.78. The maximum absolute atomic E-state index is 12.2. The number of sulfonamides is 2. The Labute approximate surface area is 125 Å². The van der Waals surface area contributed by atoms with Gasteiger partial charge < -0.3 is 0 Å². The van der Waals surface area contributed by atoms with E-state index in [9.17, 15) is 16.8 Å². The Balaban J connectivity index is 2.04. The van der Waals surface area contributed by atoms with Crippen molar-refractivity contribution in [1.82, 2.24) is 8.61 Å². The zero-order chi connectivity index (χ0) is 15.5. The molecule has 116 valence electrons. The van der Waals surface area contributed by atoms with Crippen molar-refractivity contribution in [3.8, 4) is 0 Å². The molecule has 1 heterocycles. The molecule has 21 heavy (non-hydrogen) atoms. The Hall–Kier alpha value is -1.22. The smallest absolute Gasteiger partial charge is 0.213 e. The highest BCUT2D eigenvalue weighted by Gasteiger charge is 2.28. The summed E-state index contributed by atoms with van der Waals surface area (Å²) in [5.74, 6) is 0. The molecule has 1 saturated heterocycles. The van der Waals surface area contributed by atoms with Crippen LogP contribution in [-0.4, -0.2) is 57.9 Å². The van der Waals surface area contributed by atoms with Crippen LogP contribution in [0.3, 0.4) is 0 Å². The molecule has 0 N–H and O–H groups in total. The van der Waals surface area contributed by atoms with Gasteiger partial charge >= 0.3 is 0 Å². The van der Waals surface area contributed by atoms with E-state index in [1.165, 1.54) is 20.1 Å². The Morgan fingerprint density at radius 1 is 0.905 bits per heavy atom. The maximum atomic E-state index is 12.2. The van der Waals surface area contributed by atoms with Gasteiger partial charge in [-0.05, 0) is 11.6 Å². The first-order valence-electron chi connectivity index (χ1n) is 6.47. The number of nitrogens with zero attached hydrogens (tertiary/aromatic N) is 2. The van der Waals surface area contributed by atoms with Crippen molar-refractivity contribution in [2.24, 2.45) is 0 Å². The van der Waals surface area contributed by atoms with E-state index < -0.39 is 20.0 Å². The minimum absolute atomic E-state index is 0.175. The lowest BCUT2D eigenvalue weighted by molar-refractivity contribution is 0.276. The van der Waals surface area contributed by atoms with Gasteiger partial charge in [0, 0.05) is 31.6 Å². The van der Waals surface area contributed by atoms with Crippen LogP contribution in [0.25, 0.3) is 6.08 Å². The Morgan fingerprint density at radius 2 is 1.43 bits per heavy atom. The van der Waals surface area contributed by atoms with E-state index in [1.807, 2.05) is 30.3 Å².